The molecule has 2 rings (SSSR count). The Morgan fingerprint density at radius 1 is 1.38 bits per heavy atom. The number of aliphatic hydroxyl groups excluding tert-OH is 1. The molecule has 0 saturated carbocycles. The summed E-state index contributed by atoms with van der Waals surface area (Å²) in [5, 5.41) is 10.5. The Labute approximate surface area is 102 Å². The van der Waals surface area contributed by atoms with Crippen molar-refractivity contribution in [1.29, 1.82) is 0 Å². The molecule has 88 valence electrons. The van der Waals surface area contributed by atoms with Gasteiger partial charge in [-0.2, -0.15) is 0 Å². The number of hydrogen-bond donors (Lipinski definition) is 1. The van der Waals surface area contributed by atoms with E-state index in [0.717, 1.165) is 19.3 Å². The van der Waals surface area contributed by atoms with Gasteiger partial charge in [0.2, 0.25) is 0 Å². The normalized spacial score (nSPS) is 20.8. The van der Waals surface area contributed by atoms with Crippen molar-refractivity contribution in [1.82, 2.24) is 0 Å². The number of fused-ring (bicyclic) bond motifs is 1. The molecule has 0 radical (unpaired) electrons. The van der Waals surface area contributed by atoms with E-state index in [2.05, 4.69) is 31.2 Å². The van der Waals surface area contributed by atoms with E-state index in [-0.39, 0.29) is 6.10 Å². The Hall–Kier alpha value is -0.470. The number of benzene rings is 1. The molecule has 1 aromatic rings. The lowest BCUT2D eigenvalue weighted by Crippen LogP contribution is -2.22. The molecular weight excluding hydrogens is 216 g/mol. The zero-order chi connectivity index (χ0) is 11.4. The molecule has 2 heteroatoms. The van der Waals surface area contributed by atoms with Crippen molar-refractivity contribution in [3.05, 3.63) is 29.8 Å². The molecule has 0 fully saturated rings. The minimum atomic E-state index is -0.135. The monoisotopic (exact) mass is 236 g/mol. The highest BCUT2D eigenvalue weighted by Gasteiger charge is 2.27. The Kier molecular flexibility index (Phi) is 4.30. The summed E-state index contributed by atoms with van der Waals surface area (Å²) in [6.07, 6.45) is 5.48. The molecule has 0 bridgehead atoms. The van der Waals surface area contributed by atoms with E-state index in [1.165, 1.54) is 23.3 Å². The molecule has 16 heavy (non-hydrogen) atoms. The molecule has 1 heterocycles. The molecule has 2 atom stereocenters. The van der Waals surface area contributed by atoms with Gasteiger partial charge in [-0.1, -0.05) is 44.4 Å². The average Bonchev–Trinajstić information content (AvgIpc) is 2.73. The number of aliphatic hydroxyl groups is 1. The molecule has 2 unspecified atom stereocenters. The van der Waals surface area contributed by atoms with E-state index in [1.807, 2.05) is 11.8 Å². The second-order valence-corrected chi connectivity index (χ2v) is 5.81. The summed E-state index contributed by atoms with van der Waals surface area (Å²) in [4.78, 5) is 1.36. The van der Waals surface area contributed by atoms with Crippen LogP contribution >= 0.6 is 11.8 Å². The van der Waals surface area contributed by atoms with Crippen molar-refractivity contribution in [3.8, 4) is 0 Å². The summed E-state index contributed by atoms with van der Waals surface area (Å²) >= 11 is 1.85. The van der Waals surface area contributed by atoms with Crippen molar-refractivity contribution in [2.24, 2.45) is 0 Å². The van der Waals surface area contributed by atoms with Gasteiger partial charge in [0.05, 0.1) is 6.10 Å². The molecule has 1 aromatic carbocycles. The van der Waals surface area contributed by atoms with Gasteiger partial charge in [-0.15, -0.1) is 11.8 Å². The van der Waals surface area contributed by atoms with E-state index in [9.17, 15) is 5.11 Å². The first-order valence-electron chi connectivity index (χ1n) is 6.24. The number of thioether (sulfide) groups is 1. The van der Waals surface area contributed by atoms with Gasteiger partial charge in [0.25, 0.3) is 0 Å². The van der Waals surface area contributed by atoms with E-state index in [1.54, 1.807) is 0 Å². The van der Waals surface area contributed by atoms with Crippen LogP contribution in [0.25, 0.3) is 0 Å². The number of hydrogen-bond acceptors (Lipinski definition) is 2. The summed E-state index contributed by atoms with van der Waals surface area (Å²) in [6.45, 7) is 2.20. The first-order chi connectivity index (χ1) is 7.81. The second-order valence-electron chi connectivity index (χ2n) is 4.53. The lowest BCUT2D eigenvalue weighted by molar-refractivity contribution is 0.158. The summed E-state index contributed by atoms with van der Waals surface area (Å²) < 4.78 is 0. The lowest BCUT2D eigenvalue weighted by Gasteiger charge is -2.16. The van der Waals surface area contributed by atoms with Gasteiger partial charge in [0, 0.05) is 10.1 Å². The average molecular weight is 236 g/mol. The molecule has 0 aliphatic carbocycles. The Morgan fingerprint density at radius 3 is 2.94 bits per heavy atom. The van der Waals surface area contributed by atoms with Gasteiger partial charge in [0.15, 0.2) is 0 Å². The maximum absolute atomic E-state index is 10.1. The fourth-order valence-electron chi connectivity index (χ4n) is 2.21. The Balaban J connectivity index is 1.86. The van der Waals surface area contributed by atoms with Crippen LogP contribution in [0, 0.1) is 0 Å². The van der Waals surface area contributed by atoms with Crippen molar-refractivity contribution in [2.45, 2.75) is 55.3 Å². The third kappa shape index (κ3) is 2.80. The molecule has 1 aliphatic heterocycles. The SMILES string of the molecule is CCCCCC(O)C1Cc2ccccc2S1. The first-order valence-corrected chi connectivity index (χ1v) is 7.12. The van der Waals surface area contributed by atoms with Crippen LogP contribution in [0.15, 0.2) is 29.2 Å². The fourth-order valence-corrected chi connectivity index (χ4v) is 3.55. The van der Waals surface area contributed by atoms with Crippen molar-refractivity contribution >= 4 is 11.8 Å². The molecule has 1 N–H and O–H groups in total. The highest BCUT2D eigenvalue weighted by Crippen LogP contribution is 2.39. The predicted molar refractivity (Wildman–Crippen MR) is 69.9 cm³/mol. The standard InChI is InChI=1S/C14H20OS/c1-2-3-4-8-12(15)14-10-11-7-5-6-9-13(11)16-14/h5-7,9,12,14-15H,2-4,8,10H2,1H3. The van der Waals surface area contributed by atoms with Gasteiger partial charge >= 0.3 is 0 Å². The van der Waals surface area contributed by atoms with Crippen molar-refractivity contribution in [3.63, 3.8) is 0 Å². The molecule has 0 saturated heterocycles. The summed E-state index contributed by atoms with van der Waals surface area (Å²) in [6, 6.07) is 8.52. The van der Waals surface area contributed by atoms with Crippen LogP contribution in [0.2, 0.25) is 0 Å². The van der Waals surface area contributed by atoms with Crippen molar-refractivity contribution < 1.29 is 5.11 Å². The van der Waals surface area contributed by atoms with Crippen molar-refractivity contribution in [2.75, 3.05) is 0 Å². The van der Waals surface area contributed by atoms with Gasteiger partial charge < -0.3 is 5.11 Å². The van der Waals surface area contributed by atoms with E-state index >= 15 is 0 Å². The number of unbranched alkanes of at least 4 members (excludes halogenated alkanes) is 2. The van der Waals surface area contributed by atoms with Gasteiger partial charge in [-0.05, 0) is 24.5 Å². The van der Waals surface area contributed by atoms with Crippen LogP contribution in [0.5, 0.6) is 0 Å². The third-order valence-corrected chi connectivity index (χ3v) is 4.64. The predicted octanol–water partition coefficient (Wildman–Crippen LogP) is 3.64. The van der Waals surface area contributed by atoms with Gasteiger partial charge in [0.1, 0.15) is 0 Å². The lowest BCUT2D eigenvalue weighted by atomic mass is 10.0. The zero-order valence-electron chi connectivity index (χ0n) is 9.86. The molecule has 0 amide bonds. The smallest absolute Gasteiger partial charge is 0.0665 e. The van der Waals surface area contributed by atoms with Gasteiger partial charge in [-0.3, -0.25) is 0 Å². The minimum Gasteiger partial charge on any atom is -0.392 e. The van der Waals surface area contributed by atoms with E-state index in [4.69, 9.17) is 0 Å². The van der Waals surface area contributed by atoms with Crippen LogP contribution in [-0.4, -0.2) is 16.5 Å². The van der Waals surface area contributed by atoms with Crippen LogP contribution in [0.3, 0.4) is 0 Å². The molecular formula is C14H20OS. The van der Waals surface area contributed by atoms with Crippen LogP contribution in [-0.2, 0) is 6.42 Å². The number of rotatable bonds is 5. The quantitative estimate of drug-likeness (QED) is 0.788. The molecule has 0 aromatic heterocycles. The van der Waals surface area contributed by atoms with Crippen LogP contribution in [0.4, 0.5) is 0 Å². The maximum atomic E-state index is 10.1. The minimum absolute atomic E-state index is 0.135. The highest BCUT2D eigenvalue weighted by atomic mass is 32.2. The zero-order valence-corrected chi connectivity index (χ0v) is 10.7. The van der Waals surface area contributed by atoms with Crippen LogP contribution < -0.4 is 0 Å². The molecule has 1 aliphatic rings. The van der Waals surface area contributed by atoms with E-state index in [0.29, 0.717) is 5.25 Å². The summed E-state index contributed by atoms with van der Waals surface area (Å²) in [7, 11) is 0. The summed E-state index contributed by atoms with van der Waals surface area (Å²) in [5.41, 5.74) is 1.41. The summed E-state index contributed by atoms with van der Waals surface area (Å²) in [5.74, 6) is 0. The van der Waals surface area contributed by atoms with Crippen LogP contribution in [0.1, 0.15) is 38.2 Å². The maximum Gasteiger partial charge on any atom is 0.0665 e. The Bertz CT molecular complexity index is 312. The van der Waals surface area contributed by atoms with Gasteiger partial charge in [-0.25, -0.2) is 0 Å². The Morgan fingerprint density at radius 2 is 2.19 bits per heavy atom. The second kappa shape index (κ2) is 5.74. The first kappa shape index (κ1) is 12.0. The largest absolute Gasteiger partial charge is 0.392 e. The van der Waals surface area contributed by atoms with E-state index < -0.39 is 0 Å². The fraction of sp³-hybridized carbons (Fsp3) is 0.571. The topological polar surface area (TPSA) is 20.2 Å². The molecule has 1 nitrogen and oxygen atoms in total. The third-order valence-electron chi connectivity index (χ3n) is 3.20. The molecule has 0 spiro atoms. The highest BCUT2D eigenvalue weighted by molar-refractivity contribution is 8.00.